The summed E-state index contributed by atoms with van der Waals surface area (Å²) in [7, 11) is 0. The van der Waals surface area contributed by atoms with Gasteiger partial charge in [0.2, 0.25) is 0 Å². The number of Topliss-reactive ketones (excluding diaryl/α,β-unsaturated/α-hetero) is 1. The summed E-state index contributed by atoms with van der Waals surface area (Å²) < 4.78 is 6.10. The van der Waals surface area contributed by atoms with Gasteiger partial charge >= 0.3 is 5.97 Å². The van der Waals surface area contributed by atoms with E-state index in [0.717, 1.165) is 22.9 Å². The summed E-state index contributed by atoms with van der Waals surface area (Å²) in [4.78, 5) is 34.9. The van der Waals surface area contributed by atoms with Gasteiger partial charge in [-0.1, -0.05) is 54.6 Å². The van der Waals surface area contributed by atoms with E-state index in [2.05, 4.69) is 4.98 Å². The molecule has 4 aromatic rings. The van der Waals surface area contributed by atoms with Crippen molar-refractivity contribution in [2.45, 2.75) is 25.5 Å². The fraction of sp³-hybridized carbons (Fsp3) is 0.185. The van der Waals surface area contributed by atoms with Crippen molar-refractivity contribution in [3.63, 3.8) is 0 Å². The van der Waals surface area contributed by atoms with E-state index in [1.165, 1.54) is 5.06 Å². The number of ether oxygens (including phenoxy) is 1. The Bertz CT molecular complexity index is 1270. The third-order valence-corrected chi connectivity index (χ3v) is 5.89. The minimum Gasteiger partial charge on any atom is -0.488 e. The predicted octanol–water partition coefficient (Wildman–Crippen LogP) is 5.17. The number of fused-ring (bicyclic) bond motifs is 1. The summed E-state index contributed by atoms with van der Waals surface area (Å²) in [6, 6.07) is 23.9. The minimum absolute atomic E-state index is 0.0876. The molecule has 3 aromatic carbocycles. The SMILES string of the molecule is O=C(ON1CCC[C@H]1C(=O)c1c[nH]c2cccc(OCc3ccccc3)c12)c1ccccc1. The van der Waals surface area contributed by atoms with Gasteiger partial charge < -0.3 is 14.6 Å². The normalized spacial score (nSPS) is 16.1. The Morgan fingerprint density at radius 2 is 1.70 bits per heavy atom. The summed E-state index contributed by atoms with van der Waals surface area (Å²) in [5.74, 6) is 0.100. The number of hydroxylamine groups is 2. The molecule has 1 aliphatic rings. The van der Waals surface area contributed by atoms with E-state index < -0.39 is 12.0 Å². The second kappa shape index (κ2) is 9.30. The summed E-state index contributed by atoms with van der Waals surface area (Å²) in [6.45, 7) is 0.928. The van der Waals surface area contributed by atoms with Crippen LogP contribution in [0.4, 0.5) is 0 Å². The number of rotatable bonds is 7. The van der Waals surface area contributed by atoms with Crippen LogP contribution in [0.25, 0.3) is 10.9 Å². The summed E-state index contributed by atoms with van der Waals surface area (Å²) in [5, 5.41) is 2.27. The van der Waals surface area contributed by atoms with Crippen molar-refractivity contribution in [2.75, 3.05) is 6.54 Å². The largest absolute Gasteiger partial charge is 0.488 e. The summed E-state index contributed by atoms with van der Waals surface area (Å²) in [5.41, 5.74) is 2.88. The highest BCUT2D eigenvalue weighted by Crippen LogP contribution is 2.32. The maximum absolute atomic E-state index is 13.6. The van der Waals surface area contributed by atoms with Crippen LogP contribution >= 0.6 is 0 Å². The molecule has 1 fully saturated rings. The zero-order valence-electron chi connectivity index (χ0n) is 18.1. The molecule has 33 heavy (non-hydrogen) atoms. The van der Waals surface area contributed by atoms with E-state index in [9.17, 15) is 9.59 Å². The summed E-state index contributed by atoms with van der Waals surface area (Å²) in [6.07, 6.45) is 3.12. The number of ketones is 1. The van der Waals surface area contributed by atoms with Crippen LogP contribution in [0.5, 0.6) is 5.75 Å². The third-order valence-electron chi connectivity index (χ3n) is 5.89. The summed E-state index contributed by atoms with van der Waals surface area (Å²) >= 11 is 0. The Labute approximate surface area is 191 Å². The molecule has 1 saturated heterocycles. The first kappa shape index (κ1) is 21.0. The molecule has 6 nitrogen and oxygen atoms in total. The highest BCUT2D eigenvalue weighted by atomic mass is 16.7. The minimum atomic E-state index is -0.529. The number of carbonyl (C=O) groups is 2. The fourth-order valence-electron chi connectivity index (χ4n) is 4.23. The highest BCUT2D eigenvalue weighted by Gasteiger charge is 2.36. The number of aromatic nitrogens is 1. The Hall–Kier alpha value is -3.90. The van der Waals surface area contributed by atoms with Crippen molar-refractivity contribution < 1.29 is 19.2 Å². The van der Waals surface area contributed by atoms with Crippen LogP contribution in [0, 0.1) is 0 Å². The monoisotopic (exact) mass is 440 g/mol. The number of carbonyl (C=O) groups excluding carboxylic acids is 2. The number of aromatic amines is 1. The lowest BCUT2D eigenvalue weighted by Crippen LogP contribution is -2.37. The maximum Gasteiger partial charge on any atom is 0.357 e. The number of hydrogen-bond acceptors (Lipinski definition) is 5. The molecular formula is C27H24N2O4. The molecular weight excluding hydrogens is 416 g/mol. The van der Waals surface area contributed by atoms with Gasteiger partial charge in [0.25, 0.3) is 0 Å². The van der Waals surface area contributed by atoms with E-state index >= 15 is 0 Å². The lowest BCUT2D eigenvalue weighted by atomic mass is 10.0. The first-order valence-electron chi connectivity index (χ1n) is 11.1. The van der Waals surface area contributed by atoms with E-state index in [1.807, 2.05) is 54.6 Å². The van der Waals surface area contributed by atoms with Crippen molar-refractivity contribution in [3.8, 4) is 5.75 Å². The van der Waals surface area contributed by atoms with Gasteiger partial charge in [0.05, 0.1) is 10.9 Å². The Morgan fingerprint density at radius 3 is 2.48 bits per heavy atom. The average molecular weight is 440 g/mol. The van der Waals surface area contributed by atoms with Gasteiger partial charge in [0, 0.05) is 23.8 Å². The van der Waals surface area contributed by atoms with Crippen molar-refractivity contribution >= 4 is 22.7 Å². The molecule has 0 aliphatic carbocycles. The zero-order valence-corrected chi connectivity index (χ0v) is 18.1. The van der Waals surface area contributed by atoms with Crippen LogP contribution in [-0.4, -0.2) is 34.4 Å². The van der Waals surface area contributed by atoms with E-state index in [0.29, 0.717) is 36.4 Å². The number of benzene rings is 3. The molecule has 166 valence electrons. The topological polar surface area (TPSA) is 71.6 Å². The van der Waals surface area contributed by atoms with Crippen LogP contribution < -0.4 is 4.74 Å². The first-order valence-corrected chi connectivity index (χ1v) is 11.1. The van der Waals surface area contributed by atoms with Crippen molar-refractivity contribution in [3.05, 3.63) is 102 Å². The molecule has 5 rings (SSSR count). The van der Waals surface area contributed by atoms with Crippen molar-refractivity contribution in [1.82, 2.24) is 10.0 Å². The van der Waals surface area contributed by atoms with Gasteiger partial charge in [0.15, 0.2) is 5.78 Å². The standard InChI is InChI=1S/C27H24N2O4/c30-26(23-14-8-16-29(23)33-27(31)20-11-5-2-6-12-20)21-17-28-22-13-7-15-24(25(21)22)32-18-19-9-3-1-4-10-19/h1-7,9-13,15,17,23,28H,8,14,16,18H2/t23-/m0/s1. The number of H-pyrrole nitrogens is 1. The lowest BCUT2D eigenvalue weighted by molar-refractivity contribution is -0.109. The highest BCUT2D eigenvalue weighted by molar-refractivity contribution is 6.12. The first-order chi connectivity index (χ1) is 16.2. The fourth-order valence-corrected chi connectivity index (χ4v) is 4.23. The van der Waals surface area contributed by atoms with Gasteiger partial charge in [-0.25, -0.2) is 4.79 Å². The van der Waals surface area contributed by atoms with Crippen LogP contribution in [-0.2, 0) is 11.4 Å². The van der Waals surface area contributed by atoms with Crippen molar-refractivity contribution in [2.24, 2.45) is 0 Å². The van der Waals surface area contributed by atoms with Gasteiger partial charge in [-0.15, -0.1) is 5.06 Å². The van der Waals surface area contributed by atoms with Crippen LogP contribution in [0.2, 0.25) is 0 Å². The van der Waals surface area contributed by atoms with Gasteiger partial charge in [-0.3, -0.25) is 4.79 Å². The van der Waals surface area contributed by atoms with Crippen LogP contribution in [0.3, 0.4) is 0 Å². The molecule has 1 aliphatic heterocycles. The Kier molecular flexibility index (Phi) is 5.91. The molecule has 1 N–H and O–H groups in total. The molecule has 1 atom stereocenters. The van der Waals surface area contributed by atoms with E-state index in [1.54, 1.807) is 30.5 Å². The molecule has 1 aromatic heterocycles. The molecule has 6 heteroatoms. The quantitative estimate of drug-likeness (QED) is 0.402. The molecule has 0 radical (unpaired) electrons. The Balaban J connectivity index is 1.38. The van der Waals surface area contributed by atoms with E-state index in [4.69, 9.17) is 9.57 Å². The Morgan fingerprint density at radius 1 is 0.939 bits per heavy atom. The van der Waals surface area contributed by atoms with Gasteiger partial charge in [-0.2, -0.15) is 0 Å². The van der Waals surface area contributed by atoms with Gasteiger partial charge in [0.1, 0.15) is 18.4 Å². The molecule has 2 heterocycles. The third kappa shape index (κ3) is 4.38. The molecule has 0 bridgehead atoms. The number of nitrogens with one attached hydrogen (secondary N) is 1. The number of nitrogens with zero attached hydrogens (tertiary/aromatic N) is 1. The molecule has 0 saturated carbocycles. The smallest absolute Gasteiger partial charge is 0.357 e. The molecule has 0 unspecified atom stereocenters. The lowest BCUT2D eigenvalue weighted by Gasteiger charge is -2.22. The molecule has 0 spiro atoms. The second-order valence-electron chi connectivity index (χ2n) is 8.06. The number of hydrogen-bond donors (Lipinski definition) is 1. The zero-order chi connectivity index (χ0) is 22.6. The predicted molar refractivity (Wildman–Crippen MR) is 125 cm³/mol. The second-order valence-corrected chi connectivity index (χ2v) is 8.06. The van der Waals surface area contributed by atoms with Crippen LogP contribution in [0.15, 0.2) is 85.1 Å². The maximum atomic E-state index is 13.6. The van der Waals surface area contributed by atoms with Gasteiger partial charge in [-0.05, 0) is 42.7 Å². The average Bonchev–Trinajstić information content (AvgIpc) is 3.51. The van der Waals surface area contributed by atoms with Crippen LogP contribution in [0.1, 0.15) is 39.1 Å². The molecule has 0 amide bonds. The van der Waals surface area contributed by atoms with Crippen molar-refractivity contribution in [1.29, 1.82) is 0 Å². The van der Waals surface area contributed by atoms with E-state index in [-0.39, 0.29) is 5.78 Å².